The van der Waals surface area contributed by atoms with Crippen LogP contribution in [0, 0.1) is 23.5 Å². The number of rotatable bonds is 5. The number of imide groups is 1. The fourth-order valence-electron chi connectivity index (χ4n) is 3.84. The quantitative estimate of drug-likeness (QED) is 0.817. The molecule has 1 aliphatic heterocycles. The van der Waals surface area contributed by atoms with Crippen molar-refractivity contribution in [3.8, 4) is 0 Å². The number of halogens is 2. The Kier molecular flexibility index (Phi) is 5.34. The minimum Gasteiger partial charge on any atom is -0.350 e. The molecule has 7 heteroatoms. The summed E-state index contributed by atoms with van der Waals surface area (Å²) >= 11 is 0. The van der Waals surface area contributed by atoms with Crippen molar-refractivity contribution in [2.75, 3.05) is 6.54 Å². The highest BCUT2D eigenvalue weighted by molar-refractivity contribution is 6.05. The maximum Gasteiger partial charge on any atom is 0.233 e. The van der Waals surface area contributed by atoms with Crippen LogP contribution in [0.2, 0.25) is 0 Å². The first-order chi connectivity index (χ1) is 12.4. The van der Waals surface area contributed by atoms with Crippen LogP contribution in [0.3, 0.4) is 0 Å². The van der Waals surface area contributed by atoms with E-state index in [0.29, 0.717) is 5.56 Å². The maximum absolute atomic E-state index is 13.3. The third kappa shape index (κ3) is 3.61. The molecule has 1 aromatic rings. The van der Waals surface area contributed by atoms with Gasteiger partial charge in [0.25, 0.3) is 0 Å². The Balaban J connectivity index is 1.54. The molecule has 1 aliphatic carbocycles. The van der Waals surface area contributed by atoms with Gasteiger partial charge in [0.2, 0.25) is 17.7 Å². The van der Waals surface area contributed by atoms with Gasteiger partial charge in [0.05, 0.1) is 17.9 Å². The predicted octanol–water partition coefficient (Wildman–Crippen LogP) is 2.71. The van der Waals surface area contributed by atoms with Gasteiger partial charge in [0.1, 0.15) is 0 Å². The van der Waals surface area contributed by atoms with Gasteiger partial charge < -0.3 is 5.32 Å². The lowest BCUT2D eigenvalue weighted by molar-refractivity contribution is -0.140. The van der Waals surface area contributed by atoms with Gasteiger partial charge in [-0.15, -0.1) is 0 Å². The Hall–Kier alpha value is -2.31. The van der Waals surface area contributed by atoms with Crippen LogP contribution in [0.4, 0.5) is 8.78 Å². The van der Waals surface area contributed by atoms with Crippen molar-refractivity contribution in [3.05, 3.63) is 35.4 Å². The molecule has 3 amide bonds. The lowest BCUT2D eigenvalue weighted by atomic mass is 9.81. The zero-order valence-corrected chi connectivity index (χ0v) is 14.6. The smallest absolute Gasteiger partial charge is 0.233 e. The second-order valence-corrected chi connectivity index (χ2v) is 7.04. The minimum absolute atomic E-state index is 0.00899. The largest absolute Gasteiger partial charge is 0.350 e. The lowest BCUT2D eigenvalue weighted by Crippen LogP contribution is -2.36. The fraction of sp³-hybridized carbons (Fsp3) is 0.526. The van der Waals surface area contributed by atoms with E-state index in [0.717, 1.165) is 37.8 Å². The summed E-state index contributed by atoms with van der Waals surface area (Å²) in [7, 11) is 0. The number of hydrogen-bond acceptors (Lipinski definition) is 3. The molecule has 2 aliphatic rings. The van der Waals surface area contributed by atoms with Crippen molar-refractivity contribution in [2.45, 2.75) is 45.1 Å². The third-order valence-electron chi connectivity index (χ3n) is 5.32. The van der Waals surface area contributed by atoms with Crippen molar-refractivity contribution >= 4 is 17.7 Å². The molecule has 2 fully saturated rings. The monoisotopic (exact) mass is 364 g/mol. The van der Waals surface area contributed by atoms with E-state index in [9.17, 15) is 23.2 Å². The average Bonchev–Trinajstić information content (AvgIpc) is 2.86. The Morgan fingerprint density at radius 3 is 2.35 bits per heavy atom. The number of carbonyl (C=O) groups is 3. The van der Waals surface area contributed by atoms with Crippen LogP contribution in [0.1, 0.15) is 50.6 Å². The van der Waals surface area contributed by atoms with Gasteiger partial charge in [-0.05, 0) is 37.5 Å². The number of nitrogens with one attached hydrogen (secondary N) is 1. The SMILES string of the molecule is C[C@@H](NC(=O)CCN1C(=O)[C@H]2CCCC[C@@H]2C1=O)c1ccc(F)c(F)c1. The summed E-state index contributed by atoms with van der Waals surface area (Å²) in [5.41, 5.74) is 0.441. The lowest BCUT2D eigenvalue weighted by Gasteiger charge is -2.19. The molecule has 1 aromatic carbocycles. The number of carbonyl (C=O) groups excluding carboxylic acids is 3. The number of likely N-dealkylation sites (tertiary alicyclic amines) is 1. The first-order valence-corrected chi connectivity index (χ1v) is 8.98. The van der Waals surface area contributed by atoms with Crippen LogP contribution in [0.25, 0.3) is 0 Å². The van der Waals surface area contributed by atoms with E-state index in [1.807, 2.05) is 0 Å². The summed E-state index contributed by atoms with van der Waals surface area (Å²) < 4.78 is 26.3. The summed E-state index contributed by atoms with van der Waals surface area (Å²) in [5.74, 6) is -3.04. The summed E-state index contributed by atoms with van der Waals surface area (Å²) in [5, 5.41) is 2.68. The molecule has 5 nitrogen and oxygen atoms in total. The highest BCUT2D eigenvalue weighted by Gasteiger charge is 2.47. The van der Waals surface area contributed by atoms with E-state index in [1.54, 1.807) is 6.92 Å². The molecule has 1 N–H and O–H groups in total. The molecular formula is C19H22F2N2O3. The van der Waals surface area contributed by atoms with Crippen LogP contribution in [0.15, 0.2) is 18.2 Å². The van der Waals surface area contributed by atoms with Gasteiger partial charge in [-0.25, -0.2) is 8.78 Å². The predicted molar refractivity (Wildman–Crippen MR) is 89.7 cm³/mol. The molecule has 3 atom stereocenters. The normalized spacial score (nSPS) is 23.7. The molecule has 26 heavy (non-hydrogen) atoms. The van der Waals surface area contributed by atoms with E-state index >= 15 is 0 Å². The standard InChI is InChI=1S/C19H22F2N2O3/c1-11(12-6-7-15(20)16(21)10-12)22-17(24)8-9-23-18(25)13-4-2-3-5-14(13)19(23)26/h6-7,10-11,13-14H,2-5,8-9H2,1H3,(H,22,24)/t11-,13+,14+/m1/s1. The van der Waals surface area contributed by atoms with Crippen molar-refractivity contribution in [1.29, 1.82) is 0 Å². The van der Waals surface area contributed by atoms with Gasteiger partial charge in [-0.3, -0.25) is 19.3 Å². The van der Waals surface area contributed by atoms with Gasteiger partial charge in [0, 0.05) is 13.0 Å². The van der Waals surface area contributed by atoms with Gasteiger partial charge in [-0.1, -0.05) is 18.9 Å². The van der Waals surface area contributed by atoms with Crippen LogP contribution in [0.5, 0.6) is 0 Å². The van der Waals surface area contributed by atoms with Crippen molar-refractivity contribution < 1.29 is 23.2 Å². The van der Waals surface area contributed by atoms with Crippen molar-refractivity contribution in [2.24, 2.45) is 11.8 Å². The van der Waals surface area contributed by atoms with Crippen LogP contribution in [-0.4, -0.2) is 29.2 Å². The molecule has 140 valence electrons. The average molecular weight is 364 g/mol. The highest BCUT2D eigenvalue weighted by atomic mass is 19.2. The molecule has 1 heterocycles. The molecule has 1 saturated carbocycles. The zero-order chi connectivity index (χ0) is 18.8. The summed E-state index contributed by atoms with van der Waals surface area (Å²) in [6, 6.07) is 2.95. The Labute approximate surface area is 150 Å². The number of nitrogens with zero attached hydrogens (tertiary/aromatic N) is 1. The van der Waals surface area contributed by atoms with Crippen LogP contribution >= 0.6 is 0 Å². The number of amides is 3. The third-order valence-corrected chi connectivity index (χ3v) is 5.32. The molecule has 1 saturated heterocycles. The minimum atomic E-state index is -0.973. The van der Waals surface area contributed by atoms with E-state index in [2.05, 4.69) is 5.32 Å². The molecular weight excluding hydrogens is 342 g/mol. The summed E-state index contributed by atoms with van der Waals surface area (Å²) in [4.78, 5) is 38.1. The van der Waals surface area contributed by atoms with Gasteiger partial charge in [0.15, 0.2) is 11.6 Å². The van der Waals surface area contributed by atoms with E-state index in [1.165, 1.54) is 11.0 Å². The highest BCUT2D eigenvalue weighted by Crippen LogP contribution is 2.37. The summed E-state index contributed by atoms with van der Waals surface area (Å²) in [6.07, 6.45) is 3.39. The maximum atomic E-state index is 13.3. The molecule has 0 unspecified atom stereocenters. The molecule has 3 rings (SSSR count). The molecule has 0 aromatic heterocycles. The molecule has 0 radical (unpaired) electrons. The van der Waals surface area contributed by atoms with Crippen molar-refractivity contribution in [3.63, 3.8) is 0 Å². The summed E-state index contributed by atoms with van der Waals surface area (Å²) in [6.45, 7) is 1.71. The van der Waals surface area contributed by atoms with Crippen molar-refractivity contribution in [1.82, 2.24) is 10.2 Å². The Morgan fingerprint density at radius 1 is 1.15 bits per heavy atom. The van der Waals surface area contributed by atoms with Crippen LogP contribution < -0.4 is 5.32 Å². The number of hydrogen-bond donors (Lipinski definition) is 1. The second-order valence-electron chi connectivity index (χ2n) is 7.04. The Bertz CT molecular complexity index is 713. The molecule has 0 bridgehead atoms. The first-order valence-electron chi connectivity index (χ1n) is 8.98. The Morgan fingerprint density at radius 2 is 1.77 bits per heavy atom. The first kappa shape index (κ1) is 18.5. The fourth-order valence-corrected chi connectivity index (χ4v) is 3.84. The second kappa shape index (κ2) is 7.51. The van der Waals surface area contributed by atoms with Crippen LogP contribution in [-0.2, 0) is 14.4 Å². The number of fused-ring (bicyclic) bond motifs is 1. The van der Waals surface area contributed by atoms with E-state index < -0.39 is 17.7 Å². The van der Waals surface area contributed by atoms with E-state index in [4.69, 9.17) is 0 Å². The van der Waals surface area contributed by atoms with Gasteiger partial charge >= 0.3 is 0 Å². The number of benzene rings is 1. The zero-order valence-electron chi connectivity index (χ0n) is 14.6. The topological polar surface area (TPSA) is 66.5 Å². The van der Waals surface area contributed by atoms with Gasteiger partial charge in [-0.2, -0.15) is 0 Å². The van der Waals surface area contributed by atoms with E-state index in [-0.39, 0.29) is 42.5 Å². The molecule has 0 spiro atoms.